The number of rotatable bonds is 3. The molecular weight excluding hydrogens is 312 g/mol. The molecule has 0 amide bonds. The molecule has 5 nitrogen and oxygen atoms in total. The van der Waals surface area contributed by atoms with Crippen LogP contribution in [0.3, 0.4) is 0 Å². The van der Waals surface area contributed by atoms with Crippen molar-refractivity contribution in [3.8, 4) is 6.07 Å². The predicted octanol–water partition coefficient (Wildman–Crippen LogP) is 2.73. The number of anilines is 2. The lowest BCUT2D eigenvalue weighted by atomic mass is 10.0. The Kier molecular flexibility index (Phi) is 4.56. The number of halogens is 2. The highest BCUT2D eigenvalue weighted by Gasteiger charge is 2.27. The number of likely N-dealkylation sites (N-methyl/N-ethyl adjacent to an activating group) is 1. The molecule has 0 spiro atoms. The summed E-state index contributed by atoms with van der Waals surface area (Å²) < 4.78 is 28.5. The average molecular weight is 329 g/mol. The Balaban J connectivity index is 1.83. The first-order valence-corrected chi connectivity index (χ1v) is 7.74. The number of nitriles is 1. The molecule has 1 unspecified atom stereocenters. The number of aromatic nitrogens is 2. The first kappa shape index (κ1) is 16.1. The second-order valence-corrected chi connectivity index (χ2v) is 5.84. The van der Waals surface area contributed by atoms with Crippen LogP contribution in [0.15, 0.2) is 30.5 Å². The van der Waals surface area contributed by atoms with Gasteiger partial charge in [-0.15, -0.1) is 5.10 Å². The maximum atomic E-state index is 14.3. The first-order chi connectivity index (χ1) is 11.6. The van der Waals surface area contributed by atoms with Gasteiger partial charge in [-0.1, -0.05) is 0 Å². The summed E-state index contributed by atoms with van der Waals surface area (Å²) in [7, 11) is 1.68. The molecule has 1 atom stereocenters. The lowest BCUT2D eigenvalue weighted by Gasteiger charge is -2.39. The van der Waals surface area contributed by atoms with Crippen LogP contribution in [0, 0.1) is 23.0 Å². The molecule has 1 fully saturated rings. The lowest BCUT2D eigenvalue weighted by molar-refractivity contribution is 0.471. The molecular formula is C17H17F2N5. The Hall–Kier alpha value is -2.75. The second kappa shape index (κ2) is 6.79. The van der Waals surface area contributed by atoms with Crippen molar-refractivity contribution in [2.75, 3.05) is 29.9 Å². The highest BCUT2D eigenvalue weighted by atomic mass is 19.1. The van der Waals surface area contributed by atoms with Gasteiger partial charge in [-0.25, -0.2) is 8.78 Å². The second-order valence-electron chi connectivity index (χ2n) is 5.84. The van der Waals surface area contributed by atoms with Crippen LogP contribution >= 0.6 is 0 Å². The fourth-order valence-electron chi connectivity index (χ4n) is 3.09. The van der Waals surface area contributed by atoms with Crippen molar-refractivity contribution in [2.24, 2.45) is 0 Å². The number of piperidine rings is 1. The maximum absolute atomic E-state index is 14.3. The standard InChI is InChI=1S/C17H17F2N5/c1-23(17-14(18)8-12(10-20)9-15(17)19)13-4-3-7-24(11-13)16-5-2-6-21-22-16/h2,5-6,8-9,13H,3-4,7,11H2,1H3. The normalized spacial score (nSPS) is 17.4. The molecule has 1 saturated heterocycles. The van der Waals surface area contributed by atoms with Gasteiger partial charge in [-0.2, -0.15) is 10.4 Å². The van der Waals surface area contributed by atoms with E-state index in [1.165, 1.54) is 0 Å². The van der Waals surface area contributed by atoms with Crippen LogP contribution in [0.4, 0.5) is 20.3 Å². The molecule has 1 aromatic carbocycles. The monoisotopic (exact) mass is 329 g/mol. The zero-order chi connectivity index (χ0) is 17.1. The molecule has 7 heteroatoms. The van der Waals surface area contributed by atoms with Crippen LogP contribution in [0.25, 0.3) is 0 Å². The largest absolute Gasteiger partial charge is 0.365 e. The Morgan fingerprint density at radius 2 is 2.08 bits per heavy atom. The van der Waals surface area contributed by atoms with E-state index in [1.807, 2.05) is 12.1 Å². The van der Waals surface area contributed by atoms with E-state index in [0.29, 0.717) is 6.54 Å². The molecule has 0 radical (unpaired) electrons. The van der Waals surface area contributed by atoms with Crippen molar-refractivity contribution < 1.29 is 8.78 Å². The van der Waals surface area contributed by atoms with Crippen molar-refractivity contribution >= 4 is 11.5 Å². The summed E-state index contributed by atoms with van der Waals surface area (Å²) in [6, 6.07) is 7.53. The van der Waals surface area contributed by atoms with E-state index in [9.17, 15) is 8.78 Å². The molecule has 1 aromatic heterocycles. The number of hydrogen-bond donors (Lipinski definition) is 0. The molecule has 0 N–H and O–H groups in total. The number of nitrogens with zero attached hydrogens (tertiary/aromatic N) is 5. The van der Waals surface area contributed by atoms with Crippen LogP contribution < -0.4 is 9.80 Å². The topological polar surface area (TPSA) is 56.1 Å². The molecule has 2 aromatic rings. The van der Waals surface area contributed by atoms with E-state index < -0.39 is 11.6 Å². The van der Waals surface area contributed by atoms with Crippen LogP contribution in [0.5, 0.6) is 0 Å². The van der Waals surface area contributed by atoms with Gasteiger partial charge in [0.15, 0.2) is 17.5 Å². The number of benzene rings is 1. The SMILES string of the molecule is CN(c1c(F)cc(C#N)cc1F)C1CCCN(c2cccnn2)C1. The molecule has 1 aliphatic rings. The summed E-state index contributed by atoms with van der Waals surface area (Å²) in [6.45, 7) is 1.44. The molecule has 3 rings (SSSR count). The van der Waals surface area contributed by atoms with Crippen molar-refractivity contribution in [2.45, 2.75) is 18.9 Å². The molecule has 0 bridgehead atoms. The minimum absolute atomic E-state index is 0.0213. The smallest absolute Gasteiger partial charge is 0.151 e. The zero-order valence-corrected chi connectivity index (χ0v) is 13.3. The zero-order valence-electron chi connectivity index (χ0n) is 13.3. The van der Waals surface area contributed by atoms with E-state index in [-0.39, 0.29) is 17.3 Å². The Bertz CT molecular complexity index is 736. The first-order valence-electron chi connectivity index (χ1n) is 7.74. The van der Waals surface area contributed by atoms with Crippen LogP contribution in [-0.2, 0) is 0 Å². The summed E-state index contributed by atoms with van der Waals surface area (Å²) >= 11 is 0. The van der Waals surface area contributed by atoms with Gasteiger partial charge in [0, 0.05) is 32.4 Å². The third-order valence-electron chi connectivity index (χ3n) is 4.33. The van der Waals surface area contributed by atoms with Gasteiger partial charge < -0.3 is 9.80 Å². The highest BCUT2D eigenvalue weighted by Crippen LogP contribution is 2.29. The van der Waals surface area contributed by atoms with Gasteiger partial charge in [0.2, 0.25) is 0 Å². The van der Waals surface area contributed by atoms with Crippen molar-refractivity contribution in [3.63, 3.8) is 0 Å². The van der Waals surface area contributed by atoms with E-state index in [1.54, 1.807) is 24.2 Å². The summed E-state index contributed by atoms with van der Waals surface area (Å²) in [4.78, 5) is 3.69. The molecule has 1 aliphatic heterocycles. The van der Waals surface area contributed by atoms with Crippen LogP contribution in [0.1, 0.15) is 18.4 Å². The van der Waals surface area contributed by atoms with Gasteiger partial charge in [0.1, 0.15) is 5.69 Å². The van der Waals surface area contributed by atoms with Crippen molar-refractivity contribution in [1.29, 1.82) is 5.26 Å². The van der Waals surface area contributed by atoms with E-state index in [2.05, 4.69) is 15.1 Å². The van der Waals surface area contributed by atoms with E-state index >= 15 is 0 Å². The Morgan fingerprint density at radius 1 is 1.33 bits per heavy atom. The van der Waals surface area contributed by atoms with Crippen LogP contribution in [-0.4, -0.2) is 36.4 Å². The number of hydrogen-bond acceptors (Lipinski definition) is 5. The van der Waals surface area contributed by atoms with E-state index in [4.69, 9.17) is 5.26 Å². The highest BCUT2D eigenvalue weighted by molar-refractivity contribution is 5.53. The predicted molar refractivity (Wildman–Crippen MR) is 86.7 cm³/mol. The molecule has 2 heterocycles. The third kappa shape index (κ3) is 3.13. The van der Waals surface area contributed by atoms with Crippen molar-refractivity contribution in [3.05, 3.63) is 47.7 Å². The quantitative estimate of drug-likeness (QED) is 0.867. The third-order valence-corrected chi connectivity index (χ3v) is 4.33. The van der Waals surface area contributed by atoms with Gasteiger partial charge in [0.05, 0.1) is 11.6 Å². The molecule has 124 valence electrons. The Labute approximate surface area is 139 Å². The summed E-state index contributed by atoms with van der Waals surface area (Å²) in [5, 5.41) is 16.8. The van der Waals surface area contributed by atoms with Gasteiger partial charge in [-0.3, -0.25) is 0 Å². The summed E-state index contributed by atoms with van der Waals surface area (Å²) in [6.07, 6.45) is 3.33. The Morgan fingerprint density at radius 3 is 2.71 bits per heavy atom. The van der Waals surface area contributed by atoms with Gasteiger partial charge in [-0.05, 0) is 37.1 Å². The van der Waals surface area contributed by atoms with Gasteiger partial charge in [0.25, 0.3) is 0 Å². The van der Waals surface area contributed by atoms with Crippen molar-refractivity contribution in [1.82, 2.24) is 10.2 Å². The molecule has 24 heavy (non-hydrogen) atoms. The molecule has 0 aliphatic carbocycles. The maximum Gasteiger partial charge on any atom is 0.151 e. The summed E-state index contributed by atoms with van der Waals surface area (Å²) in [5.41, 5.74) is -0.119. The molecule has 0 saturated carbocycles. The fraction of sp³-hybridized carbons (Fsp3) is 0.353. The minimum atomic E-state index is -0.717. The lowest BCUT2D eigenvalue weighted by Crippen LogP contribution is -2.47. The summed E-state index contributed by atoms with van der Waals surface area (Å²) in [5.74, 6) is -0.673. The average Bonchev–Trinajstić information content (AvgIpc) is 2.61. The van der Waals surface area contributed by atoms with Crippen LogP contribution in [0.2, 0.25) is 0 Å². The fourth-order valence-corrected chi connectivity index (χ4v) is 3.09. The minimum Gasteiger partial charge on any atom is -0.365 e. The van der Waals surface area contributed by atoms with E-state index in [0.717, 1.165) is 37.3 Å². The van der Waals surface area contributed by atoms with Gasteiger partial charge >= 0.3 is 0 Å².